The average molecular weight is 248 g/mol. The van der Waals surface area contributed by atoms with E-state index in [4.69, 9.17) is 5.11 Å². The predicted octanol–water partition coefficient (Wildman–Crippen LogP) is 3.64. The van der Waals surface area contributed by atoms with E-state index in [-0.39, 0.29) is 11.4 Å². The van der Waals surface area contributed by atoms with Gasteiger partial charge in [0.15, 0.2) is 0 Å². The van der Waals surface area contributed by atoms with Crippen LogP contribution in [0.4, 0.5) is 8.78 Å². The van der Waals surface area contributed by atoms with Gasteiger partial charge in [-0.1, -0.05) is 6.07 Å². The van der Waals surface area contributed by atoms with Crippen LogP contribution >= 0.6 is 0 Å². The molecule has 0 unspecified atom stereocenters. The van der Waals surface area contributed by atoms with Crippen LogP contribution < -0.4 is 0 Å². The summed E-state index contributed by atoms with van der Waals surface area (Å²) >= 11 is 0. The second-order valence-electron chi connectivity index (χ2n) is 4.00. The van der Waals surface area contributed by atoms with Gasteiger partial charge in [0.25, 0.3) is 0 Å². The summed E-state index contributed by atoms with van der Waals surface area (Å²) in [6, 6.07) is 7.84. The summed E-state index contributed by atoms with van der Waals surface area (Å²) in [6.07, 6.45) is 0. The first-order valence-electron chi connectivity index (χ1n) is 5.28. The van der Waals surface area contributed by atoms with E-state index < -0.39 is 11.8 Å². The molecule has 0 heterocycles. The van der Waals surface area contributed by atoms with Crippen LogP contribution in [0.25, 0.3) is 11.1 Å². The van der Waals surface area contributed by atoms with Crippen molar-refractivity contribution in [3.63, 3.8) is 0 Å². The molecule has 0 aliphatic heterocycles. The molecule has 0 amide bonds. The first-order chi connectivity index (χ1) is 8.47. The summed E-state index contributed by atoms with van der Waals surface area (Å²) in [5.41, 5.74) is 1.28. The minimum atomic E-state index is -1.20. The SMILES string of the molecule is Cc1cc(-c2cc(F)cc(C(=O)O)c2)ccc1F. The molecule has 0 saturated heterocycles. The lowest BCUT2D eigenvalue weighted by Gasteiger charge is -2.05. The van der Waals surface area contributed by atoms with Gasteiger partial charge in [0.2, 0.25) is 0 Å². The minimum absolute atomic E-state index is 0.132. The van der Waals surface area contributed by atoms with Crippen LogP contribution in [0.2, 0.25) is 0 Å². The second kappa shape index (κ2) is 4.56. The number of halogens is 2. The maximum Gasteiger partial charge on any atom is 0.335 e. The van der Waals surface area contributed by atoms with Gasteiger partial charge in [0.05, 0.1) is 5.56 Å². The molecule has 18 heavy (non-hydrogen) atoms. The van der Waals surface area contributed by atoms with Gasteiger partial charge in [0.1, 0.15) is 11.6 Å². The zero-order valence-corrected chi connectivity index (χ0v) is 9.58. The molecular weight excluding hydrogens is 238 g/mol. The van der Waals surface area contributed by atoms with Crippen molar-refractivity contribution >= 4 is 5.97 Å². The van der Waals surface area contributed by atoms with E-state index in [0.717, 1.165) is 6.07 Å². The fourth-order valence-corrected chi connectivity index (χ4v) is 1.70. The molecule has 4 heteroatoms. The van der Waals surface area contributed by atoms with Crippen LogP contribution in [0.5, 0.6) is 0 Å². The van der Waals surface area contributed by atoms with Crippen molar-refractivity contribution in [1.29, 1.82) is 0 Å². The van der Waals surface area contributed by atoms with E-state index in [9.17, 15) is 13.6 Å². The molecule has 0 aliphatic rings. The fourth-order valence-electron chi connectivity index (χ4n) is 1.70. The van der Waals surface area contributed by atoms with Crippen molar-refractivity contribution in [3.05, 3.63) is 59.2 Å². The van der Waals surface area contributed by atoms with Gasteiger partial charge in [-0.2, -0.15) is 0 Å². The Kier molecular flexibility index (Phi) is 3.10. The standard InChI is InChI=1S/C14H10F2O2/c1-8-4-9(2-3-13(8)16)10-5-11(14(17)18)7-12(15)6-10/h2-7H,1H3,(H,17,18). The van der Waals surface area contributed by atoms with Gasteiger partial charge in [-0.15, -0.1) is 0 Å². The Morgan fingerprint density at radius 2 is 1.78 bits per heavy atom. The lowest BCUT2D eigenvalue weighted by atomic mass is 10.0. The quantitative estimate of drug-likeness (QED) is 0.880. The molecule has 2 aromatic carbocycles. The van der Waals surface area contributed by atoms with Crippen LogP contribution in [0, 0.1) is 18.6 Å². The molecule has 1 N–H and O–H groups in total. The second-order valence-corrected chi connectivity index (χ2v) is 4.00. The topological polar surface area (TPSA) is 37.3 Å². The number of aryl methyl sites for hydroxylation is 1. The predicted molar refractivity (Wildman–Crippen MR) is 63.5 cm³/mol. The number of rotatable bonds is 2. The monoisotopic (exact) mass is 248 g/mol. The molecule has 0 aromatic heterocycles. The van der Waals surface area contributed by atoms with Gasteiger partial charge in [-0.25, -0.2) is 13.6 Å². The molecule has 2 rings (SSSR count). The number of benzene rings is 2. The lowest BCUT2D eigenvalue weighted by molar-refractivity contribution is 0.0696. The number of aromatic carboxylic acids is 1. The molecule has 0 aliphatic carbocycles. The van der Waals surface area contributed by atoms with Gasteiger partial charge >= 0.3 is 5.97 Å². The highest BCUT2D eigenvalue weighted by atomic mass is 19.1. The number of carboxylic acids is 1. The third-order valence-electron chi connectivity index (χ3n) is 2.64. The number of carboxylic acid groups (broad SMARTS) is 1. The summed E-state index contributed by atoms with van der Waals surface area (Å²) in [4.78, 5) is 10.8. The van der Waals surface area contributed by atoms with Crippen molar-refractivity contribution in [2.24, 2.45) is 0 Å². The molecule has 0 bridgehead atoms. The van der Waals surface area contributed by atoms with Gasteiger partial charge in [-0.3, -0.25) is 0 Å². The molecule has 0 spiro atoms. The Morgan fingerprint density at radius 1 is 1.06 bits per heavy atom. The van der Waals surface area contributed by atoms with Crippen LogP contribution in [0.15, 0.2) is 36.4 Å². The highest BCUT2D eigenvalue weighted by molar-refractivity contribution is 5.89. The zero-order chi connectivity index (χ0) is 13.3. The normalized spacial score (nSPS) is 10.4. The number of carbonyl (C=O) groups is 1. The van der Waals surface area contributed by atoms with Crippen molar-refractivity contribution < 1.29 is 18.7 Å². The smallest absolute Gasteiger partial charge is 0.335 e. The van der Waals surface area contributed by atoms with E-state index in [1.807, 2.05) is 0 Å². The summed E-state index contributed by atoms with van der Waals surface area (Å²) in [7, 11) is 0. The molecule has 92 valence electrons. The van der Waals surface area contributed by atoms with Gasteiger partial charge in [0, 0.05) is 0 Å². The van der Waals surface area contributed by atoms with Crippen LogP contribution in [-0.4, -0.2) is 11.1 Å². The fraction of sp³-hybridized carbons (Fsp3) is 0.0714. The molecule has 2 nitrogen and oxygen atoms in total. The largest absolute Gasteiger partial charge is 0.478 e. The van der Waals surface area contributed by atoms with Crippen molar-refractivity contribution in [2.45, 2.75) is 6.92 Å². The Morgan fingerprint density at radius 3 is 2.39 bits per heavy atom. The van der Waals surface area contributed by atoms with E-state index in [1.54, 1.807) is 13.0 Å². The van der Waals surface area contributed by atoms with E-state index in [1.165, 1.54) is 24.3 Å². The Labute approximate surface area is 103 Å². The van der Waals surface area contributed by atoms with Crippen molar-refractivity contribution in [1.82, 2.24) is 0 Å². The summed E-state index contributed by atoms with van der Waals surface area (Å²) in [5.74, 6) is -2.19. The summed E-state index contributed by atoms with van der Waals surface area (Å²) < 4.78 is 26.4. The molecule has 0 radical (unpaired) electrons. The van der Waals surface area contributed by atoms with E-state index >= 15 is 0 Å². The van der Waals surface area contributed by atoms with Crippen molar-refractivity contribution in [3.8, 4) is 11.1 Å². The minimum Gasteiger partial charge on any atom is -0.478 e. The van der Waals surface area contributed by atoms with Crippen molar-refractivity contribution in [2.75, 3.05) is 0 Å². The average Bonchev–Trinajstić information content (AvgIpc) is 2.31. The molecular formula is C14H10F2O2. The third kappa shape index (κ3) is 2.37. The summed E-state index contributed by atoms with van der Waals surface area (Å²) in [6.45, 7) is 1.59. The number of hydrogen-bond acceptors (Lipinski definition) is 1. The molecule has 0 atom stereocenters. The Balaban J connectivity index is 2.56. The molecule has 0 saturated carbocycles. The highest BCUT2D eigenvalue weighted by Crippen LogP contribution is 2.24. The number of hydrogen-bond donors (Lipinski definition) is 1. The van der Waals surface area contributed by atoms with E-state index in [2.05, 4.69) is 0 Å². The molecule has 2 aromatic rings. The Hall–Kier alpha value is -2.23. The first-order valence-corrected chi connectivity index (χ1v) is 5.28. The zero-order valence-electron chi connectivity index (χ0n) is 9.58. The van der Waals surface area contributed by atoms with Crippen LogP contribution in [-0.2, 0) is 0 Å². The summed E-state index contributed by atoms with van der Waals surface area (Å²) in [5, 5.41) is 8.85. The van der Waals surface area contributed by atoms with Crippen LogP contribution in [0.1, 0.15) is 15.9 Å². The maximum absolute atomic E-state index is 13.3. The van der Waals surface area contributed by atoms with Crippen LogP contribution in [0.3, 0.4) is 0 Å². The van der Waals surface area contributed by atoms with Gasteiger partial charge < -0.3 is 5.11 Å². The lowest BCUT2D eigenvalue weighted by Crippen LogP contribution is -1.97. The third-order valence-corrected chi connectivity index (χ3v) is 2.64. The highest BCUT2D eigenvalue weighted by Gasteiger charge is 2.09. The Bertz CT molecular complexity index is 621. The van der Waals surface area contributed by atoms with E-state index in [0.29, 0.717) is 16.7 Å². The first kappa shape index (κ1) is 12.2. The van der Waals surface area contributed by atoms with Gasteiger partial charge in [-0.05, 0) is 53.9 Å². The maximum atomic E-state index is 13.3. The molecule has 0 fully saturated rings.